The van der Waals surface area contributed by atoms with Crippen LogP contribution in [0.2, 0.25) is 0 Å². The van der Waals surface area contributed by atoms with Gasteiger partial charge in [-0.2, -0.15) is 9.40 Å². The predicted molar refractivity (Wildman–Crippen MR) is 79.1 cm³/mol. The van der Waals surface area contributed by atoms with Gasteiger partial charge in [0.15, 0.2) is 0 Å². The van der Waals surface area contributed by atoms with Crippen LogP contribution in [0.15, 0.2) is 47.6 Å². The van der Waals surface area contributed by atoms with E-state index in [1.807, 2.05) is 30.3 Å². The number of aromatic nitrogens is 2. The molecule has 0 saturated carbocycles. The van der Waals surface area contributed by atoms with Gasteiger partial charge in [-0.25, -0.2) is 8.42 Å². The van der Waals surface area contributed by atoms with Crippen LogP contribution in [-0.4, -0.2) is 42.8 Å². The van der Waals surface area contributed by atoms with Gasteiger partial charge < -0.3 is 4.74 Å². The van der Waals surface area contributed by atoms with E-state index in [1.165, 1.54) is 21.4 Å². The van der Waals surface area contributed by atoms with Crippen molar-refractivity contribution in [3.05, 3.63) is 48.3 Å². The molecule has 1 aromatic carbocycles. The molecule has 0 fully saturated rings. The molecule has 7 heteroatoms. The molecule has 1 aromatic heterocycles. The summed E-state index contributed by atoms with van der Waals surface area (Å²) in [5.74, 6) is 0. The fraction of sp³-hybridized carbons (Fsp3) is 0.357. The minimum atomic E-state index is -3.58. The highest BCUT2D eigenvalue weighted by atomic mass is 32.2. The lowest BCUT2D eigenvalue weighted by molar-refractivity contribution is 0.177. The normalized spacial score (nSPS) is 12.0. The van der Waals surface area contributed by atoms with Crippen LogP contribution in [0.25, 0.3) is 0 Å². The Bertz CT molecular complexity index is 668. The molecule has 0 radical (unpaired) electrons. The maximum atomic E-state index is 12.7. The molecule has 0 N–H and O–H groups in total. The third-order valence-corrected chi connectivity index (χ3v) is 4.86. The monoisotopic (exact) mass is 309 g/mol. The molecule has 21 heavy (non-hydrogen) atoms. The average Bonchev–Trinajstić information content (AvgIpc) is 2.92. The van der Waals surface area contributed by atoms with E-state index in [-0.39, 0.29) is 4.90 Å². The van der Waals surface area contributed by atoms with Crippen LogP contribution in [0.1, 0.15) is 5.56 Å². The van der Waals surface area contributed by atoms with Crippen molar-refractivity contribution in [3.63, 3.8) is 0 Å². The highest BCUT2D eigenvalue weighted by molar-refractivity contribution is 7.89. The van der Waals surface area contributed by atoms with E-state index in [9.17, 15) is 8.42 Å². The zero-order chi connectivity index (χ0) is 15.3. The van der Waals surface area contributed by atoms with Gasteiger partial charge in [-0.05, 0) is 5.56 Å². The molecule has 0 aliphatic heterocycles. The summed E-state index contributed by atoms with van der Waals surface area (Å²) < 4.78 is 33.2. The Balaban J connectivity index is 2.26. The maximum Gasteiger partial charge on any atom is 0.246 e. The predicted octanol–water partition coefficient (Wildman–Crippen LogP) is 1.26. The van der Waals surface area contributed by atoms with Gasteiger partial charge in [-0.15, -0.1) is 0 Å². The summed E-state index contributed by atoms with van der Waals surface area (Å²) in [6.07, 6.45) is 2.86. The molecule has 0 spiro atoms. The Kier molecular flexibility index (Phi) is 5.11. The van der Waals surface area contributed by atoms with Crippen molar-refractivity contribution in [1.82, 2.24) is 14.1 Å². The number of methoxy groups -OCH3 is 1. The Hall–Kier alpha value is -1.70. The molecular formula is C14H19N3O3S. The molecule has 0 unspecified atom stereocenters. The lowest BCUT2D eigenvalue weighted by Gasteiger charge is -2.21. The van der Waals surface area contributed by atoms with Gasteiger partial charge in [0.2, 0.25) is 10.0 Å². The zero-order valence-corrected chi connectivity index (χ0v) is 13.0. The second-order valence-corrected chi connectivity index (χ2v) is 6.60. The first kappa shape index (κ1) is 15.7. The molecule has 0 aliphatic carbocycles. The van der Waals surface area contributed by atoms with Crippen molar-refractivity contribution in [2.24, 2.45) is 7.05 Å². The molecule has 0 saturated heterocycles. The van der Waals surface area contributed by atoms with Gasteiger partial charge in [0.1, 0.15) is 4.90 Å². The smallest absolute Gasteiger partial charge is 0.246 e. The third-order valence-electron chi connectivity index (χ3n) is 3.07. The number of rotatable bonds is 7. The summed E-state index contributed by atoms with van der Waals surface area (Å²) >= 11 is 0. The third kappa shape index (κ3) is 3.90. The molecule has 2 aromatic rings. The summed E-state index contributed by atoms with van der Waals surface area (Å²) in [6.45, 7) is 0.941. The lowest BCUT2D eigenvalue weighted by Crippen LogP contribution is -2.33. The van der Waals surface area contributed by atoms with Crippen molar-refractivity contribution in [1.29, 1.82) is 0 Å². The van der Waals surface area contributed by atoms with Crippen LogP contribution in [0, 0.1) is 0 Å². The van der Waals surface area contributed by atoms with Crippen molar-refractivity contribution in [2.45, 2.75) is 11.4 Å². The van der Waals surface area contributed by atoms with Gasteiger partial charge in [0.25, 0.3) is 0 Å². The fourth-order valence-electron chi connectivity index (χ4n) is 1.95. The number of hydrogen-bond acceptors (Lipinski definition) is 4. The van der Waals surface area contributed by atoms with Gasteiger partial charge >= 0.3 is 0 Å². The van der Waals surface area contributed by atoms with Gasteiger partial charge in [-0.3, -0.25) is 4.68 Å². The van der Waals surface area contributed by atoms with Gasteiger partial charge in [0.05, 0.1) is 12.8 Å². The van der Waals surface area contributed by atoms with Gasteiger partial charge in [-0.1, -0.05) is 30.3 Å². The van der Waals surface area contributed by atoms with Crippen LogP contribution in [0.5, 0.6) is 0 Å². The van der Waals surface area contributed by atoms with E-state index in [0.717, 1.165) is 5.56 Å². The van der Waals surface area contributed by atoms with E-state index in [1.54, 1.807) is 14.2 Å². The summed E-state index contributed by atoms with van der Waals surface area (Å²) in [5, 5.41) is 3.93. The minimum absolute atomic E-state index is 0.192. The standard InChI is InChI=1S/C14H19N3O3S/c1-16-12-14(10-15-16)21(18,19)17(8-9-20-2)11-13-6-4-3-5-7-13/h3-7,10,12H,8-9,11H2,1-2H3. The second-order valence-electron chi connectivity index (χ2n) is 4.67. The highest BCUT2D eigenvalue weighted by Crippen LogP contribution is 2.17. The molecule has 0 atom stereocenters. The number of aryl methyl sites for hydroxylation is 1. The average molecular weight is 309 g/mol. The minimum Gasteiger partial charge on any atom is -0.383 e. The molecule has 114 valence electrons. The number of sulfonamides is 1. The number of nitrogens with zero attached hydrogens (tertiary/aromatic N) is 3. The highest BCUT2D eigenvalue weighted by Gasteiger charge is 2.25. The summed E-state index contributed by atoms with van der Waals surface area (Å²) in [4.78, 5) is 0.192. The number of hydrogen-bond donors (Lipinski definition) is 0. The van der Waals surface area contributed by atoms with Crippen LogP contribution >= 0.6 is 0 Å². The molecule has 0 amide bonds. The van der Waals surface area contributed by atoms with Gasteiger partial charge in [0, 0.05) is 33.4 Å². The van der Waals surface area contributed by atoms with Crippen LogP contribution in [0.4, 0.5) is 0 Å². The van der Waals surface area contributed by atoms with E-state index < -0.39 is 10.0 Å². The molecule has 2 rings (SSSR count). The summed E-state index contributed by atoms with van der Waals surface area (Å²) in [6, 6.07) is 9.48. The summed E-state index contributed by atoms with van der Waals surface area (Å²) in [5.41, 5.74) is 0.932. The number of ether oxygens (including phenoxy) is 1. The Labute approximate surface area is 125 Å². The van der Waals surface area contributed by atoms with E-state index in [4.69, 9.17) is 4.74 Å². The molecule has 0 bridgehead atoms. The molecule has 0 aliphatic rings. The fourth-order valence-corrected chi connectivity index (χ4v) is 3.34. The first-order chi connectivity index (χ1) is 10.0. The topological polar surface area (TPSA) is 64.4 Å². The van der Waals surface area contributed by atoms with Crippen molar-refractivity contribution < 1.29 is 13.2 Å². The maximum absolute atomic E-state index is 12.7. The van der Waals surface area contributed by atoms with E-state index in [0.29, 0.717) is 19.7 Å². The lowest BCUT2D eigenvalue weighted by atomic mass is 10.2. The quantitative estimate of drug-likeness (QED) is 0.772. The molecule has 1 heterocycles. The largest absolute Gasteiger partial charge is 0.383 e. The van der Waals surface area contributed by atoms with Crippen LogP contribution < -0.4 is 0 Å². The number of benzene rings is 1. The first-order valence-electron chi connectivity index (χ1n) is 6.55. The van der Waals surface area contributed by atoms with Crippen LogP contribution in [0.3, 0.4) is 0 Å². The Morgan fingerprint density at radius 3 is 2.57 bits per heavy atom. The zero-order valence-electron chi connectivity index (χ0n) is 12.1. The first-order valence-corrected chi connectivity index (χ1v) is 7.99. The molecular weight excluding hydrogens is 290 g/mol. The Morgan fingerprint density at radius 2 is 2.00 bits per heavy atom. The van der Waals surface area contributed by atoms with Crippen LogP contribution in [-0.2, 0) is 28.4 Å². The van der Waals surface area contributed by atoms with Crippen molar-refractivity contribution in [2.75, 3.05) is 20.3 Å². The van der Waals surface area contributed by atoms with E-state index >= 15 is 0 Å². The Morgan fingerprint density at radius 1 is 1.29 bits per heavy atom. The van der Waals surface area contributed by atoms with Crippen molar-refractivity contribution >= 4 is 10.0 Å². The SMILES string of the molecule is COCCN(Cc1ccccc1)S(=O)(=O)c1cnn(C)c1. The van der Waals surface area contributed by atoms with Crippen molar-refractivity contribution in [3.8, 4) is 0 Å². The summed E-state index contributed by atoms with van der Waals surface area (Å²) in [7, 11) is -0.338. The molecule has 6 nitrogen and oxygen atoms in total. The van der Waals surface area contributed by atoms with E-state index in [2.05, 4.69) is 5.10 Å². The second kappa shape index (κ2) is 6.84.